The molecule has 0 saturated carbocycles. The van der Waals surface area contributed by atoms with Gasteiger partial charge in [-0.1, -0.05) is 11.2 Å². The number of hydrogen-bond donors (Lipinski definition) is 0. The van der Waals surface area contributed by atoms with Crippen molar-refractivity contribution in [2.75, 3.05) is 6.16 Å². The zero-order chi connectivity index (χ0) is 4.99. The Kier molecular flexibility index (Phi) is 3.21. The Morgan fingerprint density at radius 1 is 2.00 bits per heavy atom. The van der Waals surface area contributed by atoms with Crippen LogP contribution >= 0.6 is 18.4 Å². The lowest BCUT2D eigenvalue weighted by molar-refractivity contribution is 0.597. The molecule has 0 heterocycles. The van der Waals surface area contributed by atoms with Crippen LogP contribution in [0, 0.1) is 11.3 Å². The molecule has 0 aliphatic carbocycles. The molecule has 4 heteroatoms. The number of halogens is 1. The van der Waals surface area contributed by atoms with Crippen LogP contribution < -0.4 is 0 Å². The van der Waals surface area contributed by atoms with E-state index in [1.54, 1.807) is 6.07 Å². The Labute approximate surface area is 41.3 Å². The van der Waals surface area contributed by atoms with Gasteiger partial charge in [0.05, 0.1) is 12.2 Å². The van der Waals surface area contributed by atoms with Crippen LogP contribution in [0.1, 0.15) is 0 Å². The third-order valence-corrected chi connectivity index (χ3v) is 1.06. The van der Waals surface area contributed by atoms with Crippen LogP contribution in [0.25, 0.3) is 0 Å². The minimum absolute atomic E-state index is 0.00772. The quantitative estimate of drug-likeness (QED) is 0.492. The number of nitrogens with zero attached hydrogens (tertiary/aromatic N) is 1. The molecule has 34 valence electrons. The number of hydrogen-bond acceptors (Lipinski definition) is 2. The molecule has 0 spiro atoms. The van der Waals surface area contributed by atoms with Gasteiger partial charge in [-0.2, -0.15) is 5.26 Å². The van der Waals surface area contributed by atoms with Crippen molar-refractivity contribution in [2.45, 2.75) is 0 Å². The van der Waals surface area contributed by atoms with Gasteiger partial charge in [-0.05, 0) is 0 Å². The molecule has 0 amide bonds. The molecule has 0 aromatic rings. The predicted molar refractivity (Wildman–Crippen MR) is 25.3 cm³/mol. The minimum Gasteiger partial charge on any atom is -0.309 e. The van der Waals surface area contributed by atoms with Crippen molar-refractivity contribution < 1.29 is 4.57 Å². The molecule has 0 fully saturated rings. The van der Waals surface area contributed by atoms with Crippen LogP contribution in [0.3, 0.4) is 0 Å². The van der Waals surface area contributed by atoms with Gasteiger partial charge in [0.1, 0.15) is 0 Å². The predicted octanol–water partition coefficient (Wildman–Crippen LogP) is 1.22. The van der Waals surface area contributed by atoms with Gasteiger partial charge in [-0.15, -0.1) is 0 Å². The molecular weight excluding hydrogens is 120 g/mol. The van der Waals surface area contributed by atoms with Crippen molar-refractivity contribution in [1.29, 1.82) is 5.26 Å². The van der Waals surface area contributed by atoms with Crippen molar-refractivity contribution in [3.63, 3.8) is 0 Å². The van der Waals surface area contributed by atoms with Gasteiger partial charge in [0.2, 0.25) is 0 Å². The van der Waals surface area contributed by atoms with E-state index >= 15 is 0 Å². The maximum absolute atomic E-state index is 9.77. The summed E-state index contributed by atoms with van der Waals surface area (Å²) < 4.78 is 9.77. The van der Waals surface area contributed by atoms with E-state index in [9.17, 15) is 4.57 Å². The molecule has 0 rings (SSSR count). The summed E-state index contributed by atoms with van der Waals surface area (Å²) in [5.41, 5.74) is 0. The van der Waals surface area contributed by atoms with Crippen molar-refractivity contribution in [2.24, 2.45) is 0 Å². The fourth-order valence-electron chi connectivity index (χ4n) is 0.0622. The van der Waals surface area contributed by atoms with Gasteiger partial charge in [-0.3, -0.25) is 0 Å². The van der Waals surface area contributed by atoms with E-state index in [1.807, 2.05) is 0 Å². The van der Waals surface area contributed by atoms with Gasteiger partial charge >= 0.3 is 0 Å². The zero-order valence-corrected chi connectivity index (χ0v) is 4.70. The monoisotopic (exact) mass is 123 g/mol. The average Bonchev–Trinajstić information content (AvgIpc) is 1.35. The molecule has 1 unspecified atom stereocenters. The fourth-order valence-corrected chi connectivity index (χ4v) is 0.366. The second-order valence-electron chi connectivity index (χ2n) is 0.690. The molecule has 1 atom stereocenters. The Bertz CT molecular complexity index is 96.2. The van der Waals surface area contributed by atoms with Crippen LogP contribution in [-0.4, -0.2) is 6.16 Å². The summed E-state index contributed by atoms with van der Waals surface area (Å²) in [4.78, 5) is 0. The highest BCUT2D eigenvalue weighted by Crippen LogP contribution is 2.23. The zero-order valence-electron chi connectivity index (χ0n) is 2.94. The normalized spacial score (nSPS) is 12.7. The Hall–Kier alpha value is 0.01000. The van der Waals surface area contributed by atoms with E-state index in [-0.39, 0.29) is 6.16 Å². The standard InChI is InChI=1S/C2H3ClNOP/c3-6(5)2-1-4/h6H,2H2. The van der Waals surface area contributed by atoms with Crippen LogP contribution in [0.15, 0.2) is 0 Å². The fraction of sp³-hybridized carbons (Fsp3) is 0.500. The largest absolute Gasteiger partial charge is 0.309 e. The molecule has 0 aliphatic rings. The van der Waals surface area contributed by atoms with E-state index in [4.69, 9.17) is 16.5 Å². The Morgan fingerprint density at radius 2 is 2.50 bits per heavy atom. The first kappa shape index (κ1) is 6.01. The molecule has 0 aliphatic heterocycles. The van der Waals surface area contributed by atoms with E-state index in [1.165, 1.54) is 0 Å². The summed E-state index contributed by atoms with van der Waals surface area (Å²) in [6.07, 6.45) is -0.00772. The molecule has 0 saturated heterocycles. The van der Waals surface area contributed by atoms with Crippen LogP contribution in [0.2, 0.25) is 0 Å². The third kappa shape index (κ3) is 4.01. The van der Waals surface area contributed by atoms with Gasteiger partial charge in [-0.25, -0.2) is 0 Å². The molecule has 0 aromatic heterocycles. The summed E-state index contributed by atoms with van der Waals surface area (Å²) in [5, 5.41) is 7.73. The smallest absolute Gasteiger partial charge is 0.171 e. The summed E-state index contributed by atoms with van der Waals surface area (Å²) in [5.74, 6) is 0. The highest BCUT2D eigenvalue weighted by molar-refractivity contribution is 7.73. The van der Waals surface area contributed by atoms with E-state index < -0.39 is 7.15 Å². The summed E-state index contributed by atoms with van der Waals surface area (Å²) in [6.45, 7) is 0. The lowest BCUT2D eigenvalue weighted by Crippen LogP contribution is -1.56. The first-order chi connectivity index (χ1) is 2.77. The second kappa shape index (κ2) is 3.21. The average molecular weight is 123 g/mol. The highest BCUT2D eigenvalue weighted by Gasteiger charge is 1.84. The summed E-state index contributed by atoms with van der Waals surface area (Å²) >= 11 is 4.90. The molecular formula is C2H3ClNOP. The lowest BCUT2D eigenvalue weighted by Gasteiger charge is -1.69. The van der Waals surface area contributed by atoms with E-state index in [2.05, 4.69) is 0 Å². The molecule has 6 heavy (non-hydrogen) atoms. The number of rotatable bonds is 1. The molecule has 2 nitrogen and oxygen atoms in total. The number of nitriles is 1. The topological polar surface area (TPSA) is 40.9 Å². The van der Waals surface area contributed by atoms with Crippen LogP contribution in [-0.2, 0) is 4.57 Å². The van der Waals surface area contributed by atoms with Crippen molar-refractivity contribution in [1.82, 2.24) is 0 Å². The first-order valence-electron chi connectivity index (χ1n) is 1.32. The van der Waals surface area contributed by atoms with Crippen LogP contribution in [0.4, 0.5) is 0 Å². The van der Waals surface area contributed by atoms with Gasteiger partial charge in [0.15, 0.2) is 7.15 Å². The summed E-state index contributed by atoms with van der Waals surface area (Å²) in [7, 11) is -2.02. The lowest BCUT2D eigenvalue weighted by atomic mass is 10.9. The molecule has 0 bridgehead atoms. The van der Waals surface area contributed by atoms with Crippen molar-refractivity contribution in [3.05, 3.63) is 0 Å². The molecule has 0 aromatic carbocycles. The summed E-state index contributed by atoms with van der Waals surface area (Å²) in [6, 6.07) is 1.67. The highest BCUT2D eigenvalue weighted by atomic mass is 35.7. The minimum atomic E-state index is -2.02. The maximum atomic E-state index is 9.77. The van der Waals surface area contributed by atoms with Crippen molar-refractivity contribution >= 4 is 18.4 Å². The molecule has 0 radical (unpaired) electrons. The Morgan fingerprint density at radius 3 is 2.50 bits per heavy atom. The van der Waals surface area contributed by atoms with Crippen molar-refractivity contribution in [3.8, 4) is 6.07 Å². The SMILES string of the molecule is N#CC[PH](=O)Cl. The first-order valence-corrected chi connectivity index (χ1v) is 3.95. The molecule has 0 N–H and O–H groups in total. The van der Waals surface area contributed by atoms with Crippen LogP contribution in [0.5, 0.6) is 0 Å². The second-order valence-corrected chi connectivity index (χ2v) is 3.02. The third-order valence-electron chi connectivity index (χ3n) is 0.218. The maximum Gasteiger partial charge on any atom is 0.171 e. The van der Waals surface area contributed by atoms with Gasteiger partial charge in [0.25, 0.3) is 0 Å². The van der Waals surface area contributed by atoms with Gasteiger partial charge in [0, 0.05) is 0 Å². The van der Waals surface area contributed by atoms with E-state index in [0.717, 1.165) is 0 Å². The van der Waals surface area contributed by atoms with Gasteiger partial charge < -0.3 is 4.57 Å². The van der Waals surface area contributed by atoms with E-state index in [0.29, 0.717) is 0 Å². The Balaban J connectivity index is 3.13.